The predicted octanol–water partition coefficient (Wildman–Crippen LogP) is 1.89. The number of carbonyl (C=O) groups is 1. The van der Waals surface area contributed by atoms with Crippen LogP contribution in [0.5, 0.6) is 11.5 Å². The Bertz CT molecular complexity index is 592. The van der Waals surface area contributed by atoms with E-state index in [2.05, 4.69) is 4.98 Å². The number of imidazole rings is 1. The molecular formula is C13H14N2O4. The molecule has 0 amide bonds. The highest BCUT2D eigenvalue weighted by atomic mass is 16.5. The Kier molecular flexibility index (Phi) is 3.70. The molecule has 6 heteroatoms. The smallest absolute Gasteiger partial charge is 0.354 e. The molecule has 100 valence electrons. The van der Waals surface area contributed by atoms with Gasteiger partial charge in [-0.15, -0.1) is 0 Å². The monoisotopic (exact) mass is 262 g/mol. The van der Waals surface area contributed by atoms with Gasteiger partial charge in [-0.05, 0) is 19.1 Å². The van der Waals surface area contributed by atoms with E-state index in [4.69, 9.17) is 9.84 Å². The molecule has 0 atom stereocenters. The molecule has 1 aromatic carbocycles. The largest absolute Gasteiger partial charge is 0.504 e. The van der Waals surface area contributed by atoms with E-state index in [0.717, 1.165) is 0 Å². The van der Waals surface area contributed by atoms with E-state index < -0.39 is 5.97 Å². The fourth-order valence-corrected chi connectivity index (χ4v) is 1.77. The van der Waals surface area contributed by atoms with Crippen LogP contribution in [0.15, 0.2) is 30.5 Å². The highest BCUT2D eigenvalue weighted by Crippen LogP contribution is 2.25. The Morgan fingerprint density at radius 1 is 1.42 bits per heavy atom. The maximum atomic E-state index is 11.0. The third-order valence-electron chi connectivity index (χ3n) is 2.70. The van der Waals surface area contributed by atoms with Gasteiger partial charge >= 0.3 is 5.97 Å². The average Bonchev–Trinajstić information content (AvgIpc) is 2.81. The number of hydrogen-bond acceptors (Lipinski definition) is 4. The van der Waals surface area contributed by atoms with Crippen LogP contribution in [0.25, 0.3) is 0 Å². The average molecular weight is 262 g/mol. The van der Waals surface area contributed by atoms with Crippen LogP contribution >= 0.6 is 0 Å². The summed E-state index contributed by atoms with van der Waals surface area (Å²) in [6.07, 6.45) is 1.30. The molecule has 0 radical (unpaired) electrons. The molecule has 1 heterocycles. The molecule has 2 aromatic rings. The minimum atomic E-state index is -1.02. The SMILES string of the molecule is CCn1c(C(=O)O)cnc1COc1ccccc1O. The van der Waals surface area contributed by atoms with E-state index in [-0.39, 0.29) is 18.1 Å². The summed E-state index contributed by atoms with van der Waals surface area (Å²) in [5, 5.41) is 18.6. The number of nitrogens with zero attached hydrogens (tertiary/aromatic N) is 2. The van der Waals surface area contributed by atoms with E-state index in [1.165, 1.54) is 12.3 Å². The Morgan fingerprint density at radius 3 is 2.79 bits per heavy atom. The number of carboxylic acid groups (broad SMARTS) is 1. The van der Waals surface area contributed by atoms with Gasteiger partial charge in [0.15, 0.2) is 11.5 Å². The van der Waals surface area contributed by atoms with Crippen LogP contribution in [0.2, 0.25) is 0 Å². The first kappa shape index (κ1) is 12.9. The maximum Gasteiger partial charge on any atom is 0.354 e. The summed E-state index contributed by atoms with van der Waals surface area (Å²) in [6, 6.07) is 6.58. The number of ether oxygens (including phenoxy) is 1. The third-order valence-corrected chi connectivity index (χ3v) is 2.70. The topological polar surface area (TPSA) is 84.6 Å². The quantitative estimate of drug-likeness (QED) is 0.859. The molecule has 0 aliphatic heterocycles. The zero-order chi connectivity index (χ0) is 13.8. The standard InChI is InChI=1S/C13H14N2O4/c1-2-15-9(13(17)18)7-14-12(15)8-19-11-6-4-3-5-10(11)16/h3-7,16H,2,8H2,1H3,(H,17,18). The van der Waals surface area contributed by atoms with Crippen molar-refractivity contribution >= 4 is 5.97 Å². The van der Waals surface area contributed by atoms with Crippen LogP contribution in [0.4, 0.5) is 0 Å². The van der Waals surface area contributed by atoms with Crippen molar-refractivity contribution in [2.24, 2.45) is 0 Å². The van der Waals surface area contributed by atoms with Crippen molar-refractivity contribution in [3.63, 3.8) is 0 Å². The summed E-state index contributed by atoms with van der Waals surface area (Å²) in [6.45, 7) is 2.41. The van der Waals surface area contributed by atoms with Crippen LogP contribution in [-0.4, -0.2) is 25.7 Å². The van der Waals surface area contributed by atoms with Gasteiger partial charge in [0.25, 0.3) is 0 Å². The Labute approximate surface area is 109 Å². The third kappa shape index (κ3) is 2.67. The minimum absolute atomic E-state index is 0.0376. The first-order valence-electron chi connectivity index (χ1n) is 5.82. The summed E-state index contributed by atoms with van der Waals surface area (Å²) >= 11 is 0. The highest BCUT2D eigenvalue weighted by Gasteiger charge is 2.14. The number of rotatable bonds is 5. The zero-order valence-corrected chi connectivity index (χ0v) is 10.4. The number of phenols is 1. The van der Waals surface area contributed by atoms with Gasteiger partial charge in [-0.25, -0.2) is 9.78 Å². The van der Waals surface area contributed by atoms with Crippen LogP contribution in [0.1, 0.15) is 23.2 Å². The fourth-order valence-electron chi connectivity index (χ4n) is 1.77. The van der Waals surface area contributed by atoms with E-state index >= 15 is 0 Å². The molecule has 0 aliphatic rings. The Morgan fingerprint density at radius 2 is 2.16 bits per heavy atom. The van der Waals surface area contributed by atoms with Gasteiger partial charge in [0.2, 0.25) is 0 Å². The molecule has 0 aliphatic carbocycles. The van der Waals surface area contributed by atoms with Crippen molar-refractivity contribution in [3.8, 4) is 11.5 Å². The van der Waals surface area contributed by atoms with Crippen LogP contribution in [0, 0.1) is 0 Å². The van der Waals surface area contributed by atoms with Crippen molar-refractivity contribution in [2.45, 2.75) is 20.1 Å². The number of aromatic nitrogens is 2. The van der Waals surface area contributed by atoms with Gasteiger partial charge in [0.1, 0.15) is 18.1 Å². The van der Waals surface area contributed by atoms with Gasteiger partial charge in [0, 0.05) is 6.54 Å². The minimum Gasteiger partial charge on any atom is -0.504 e. The normalized spacial score (nSPS) is 10.4. The lowest BCUT2D eigenvalue weighted by molar-refractivity contribution is 0.0684. The molecule has 0 unspecified atom stereocenters. The first-order chi connectivity index (χ1) is 9.13. The van der Waals surface area contributed by atoms with Gasteiger partial charge < -0.3 is 19.5 Å². The number of carboxylic acids is 1. The van der Waals surface area contributed by atoms with E-state index in [1.807, 2.05) is 6.92 Å². The van der Waals surface area contributed by atoms with E-state index in [1.54, 1.807) is 22.8 Å². The molecule has 6 nitrogen and oxygen atoms in total. The number of aromatic hydroxyl groups is 1. The highest BCUT2D eigenvalue weighted by molar-refractivity contribution is 5.85. The summed E-state index contributed by atoms with van der Waals surface area (Å²) in [5.41, 5.74) is 0.124. The number of benzene rings is 1. The summed E-state index contributed by atoms with van der Waals surface area (Å²) in [7, 11) is 0. The second-order valence-corrected chi connectivity index (χ2v) is 3.87. The van der Waals surface area contributed by atoms with Crippen molar-refractivity contribution in [1.82, 2.24) is 9.55 Å². The first-order valence-corrected chi connectivity index (χ1v) is 5.82. The summed E-state index contributed by atoms with van der Waals surface area (Å²) < 4.78 is 6.99. The van der Waals surface area contributed by atoms with Crippen LogP contribution < -0.4 is 4.74 Å². The molecule has 0 bridgehead atoms. The second-order valence-electron chi connectivity index (χ2n) is 3.87. The molecule has 0 saturated carbocycles. The number of hydrogen-bond donors (Lipinski definition) is 2. The molecule has 0 fully saturated rings. The van der Waals surface area contributed by atoms with E-state index in [0.29, 0.717) is 18.1 Å². The van der Waals surface area contributed by atoms with E-state index in [9.17, 15) is 9.90 Å². The lowest BCUT2D eigenvalue weighted by Gasteiger charge is -2.09. The number of aromatic carboxylic acids is 1. The number of para-hydroxylation sites is 2. The predicted molar refractivity (Wildman–Crippen MR) is 67.3 cm³/mol. The van der Waals surface area contributed by atoms with Crippen LogP contribution in [0.3, 0.4) is 0 Å². The Hall–Kier alpha value is -2.50. The van der Waals surface area contributed by atoms with Gasteiger partial charge in [-0.3, -0.25) is 0 Å². The van der Waals surface area contributed by atoms with Crippen molar-refractivity contribution in [1.29, 1.82) is 0 Å². The van der Waals surface area contributed by atoms with Crippen molar-refractivity contribution in [2.75, 3.05) is 0 Å². The molecule has 1 aromatic heterocycles. The lowest BCUT2D eigenvalue weighted by atomic mass is 10.3. The molecule has 2 rings (SSSR count). The lowest BCUT2D eigenvalue weighted by Crippen LogP contribution is -2.12. The second kappa shape index (κ2) is 5.43. The maximum absolute atomic E-state index is 11.0. The number of phenolic OH excluding ortho intramolecular Hbond substituents is 1. The van der Waals surface area contributed by atoms with Crippen LogP contribution in [-0.2, 0) is 13.2 Å². The zero-order valence-electron chi connectivity index (χ0n) is 10.4. The summed E-state index contributed by atoms with van der Waals surface area (Å²) in [4.78, 5) is 15.0. The van der Waals surface area contributed by atoms with Crippen molar-refractivity contribution in [3.05, 3.63) is 42.0 Å². The summed E-state index contributed by atoms with van der Waals surface area (Å²) in [5.74, 6) is -0.146. The molecule has 2 N–H and O–H groups in total. The van der Waals surface area contributed by atoms with Crippen molar-refractivity contribution < 1.29 is 19.7 Å². The molecule has 19 heavy (non-hydrogen) atoms. The van der Waals surface area contributed by atoms with Gasteiger partial charge in [-0.1, -0.05) is 12.1 Å². The van der Waals surface area contributed by atoms with Gasteiger partial charge in [0.05, 0.1) is 6.20 Å². The fraction of sp³-hybridized carbons (Fsp3) is 0.231. The van der Waals surface area contributed by atoms with Gasteiger partial charge in [-0.2, -0.15) is 0 Å². The Balaban J connectivity index is 2.16. The molecule has 0 spiro atoms. The molecular weight excluding hydrogens is 248 g/mol. The molecule has 0 saturated heterocycles.